The lowest BCUT2D eigenvalue weighted by Crippen LogP contribution is -2.28. The second kappa shape index (κ2) is 17.5. The molecule has 1 aromatic heterocycles. The molecule has 0 radical (unpaired) electrons. The second-order valence-electron chi connectivity index (χ2n) is 18.1. The van der Waals surface area contributed by atoms with Gasteiger partial charge in [0, 0.05) is 53.1 Å². The Morgan fingerprint density at radius 2 is 1.33 bits per heavy atom. The first-order chi connectivity index (χ1) is 34.6. The molecule has 1 aliphatic carbocycles. The van der Waals surface area contributed by atoms with Crippen molar-refractivity contribution in [1.82, 2.24) is 4.57 Å². The third kappa shape index (κ3) is 7.14. The summed E-state index contributed by atoms with van der Waals surface area (Å²) in [5.74, 6) is 0. The normalized spacial score (nSPS) is 14.2. The minimum absolute atomic E-state index is 0.914. The fourth-order valence-corrected chi connectivity index (χ4v) is 13.2. The molecular weight excluding hydrogens is 885 g/mol. The molecule has 0 N–H and O–H groups in total. The summed E-state index contributed by atoms with van der Waals surface area (Å²) in [5.41, 5.74) is 14.2. The van der Waals surface area contributed by atoms with Gasteiger partial charge in [0.15, 0.2) is 0 Å². The maximum atomic E-state index is 4.35. The van der Waals surface area contributed by atoms with Gasteiger partial charge in [-0.1, -0.05) is 194 Å². The number of hydrogen-bond acceptors (Lipinski definition) is 3. The molecule has 13 rings (SSSR count). The largest absolute Gasteiger partial charge is 0.310 e. The van der Waals surface area contributed by atoms with Gasteiger partial charge in [0.05, 0.1) is 11.0 Å². The number of aryl methyl sites for hydroxylation is 1. The van der Waals surface area contributed by atoms with Crippen molar-refractivity contribution in [3.63, 3.8) is 0 Å². The van der Waals surface area contributed by atoms with Gasteiger partial charge in [-0.25, -0.2) is 0 Å². The Bertz CT molecular complexity index is 4150. The molecule has 0 spiro atoms. The highest BCUT2D eigenvalue weighted by atomic mass is 32.2. The summed E-state index contributed by atoms with van der Waals surface area (Å²) < 4.78 is 2.45. The molecule has 10 aromatic carbocycles. The van der Waals surface area contributed by atoms with E-state index in [1.165, 1.54) is 95.6 Å². The van der Waals surface area contributed by atoms with Crippen LogP contribution in [0.4, 0.5) is 17.1 Å². The van der Waals surface area contributed by atoms with Crippen LogP contribution in [0.3, 0.4) is 0 Å². The molecule has 0 unspecified atom stereocenters. The van der Waals surface area contributed by atoms with Gasteiger partial charge in [-0.15, -0.1) is 0 Å². The van der Waals surface area contributed by atoms with Gasteiger partial charge in [-0.3, -0.25) is 0 Å². The summed E-state index contributed by atoms with van der Waals surface area (Å²) in [6, 6.07) is 76.0. The Kier molecular flexibility index (Phi) is 10.5. The Morgan fingerprint density at radius 1 is 0.571 bits per heavy atom. The van der Waals surface area contributed by atoms with E-state index in [-0.39, 0.29) is 0 Å². The second-order valence-corrected chi connectivity index (χ2v) is 20.2. The number of hydrogen-bond donors (Lipinski definition) is 0. The highest BCUT2D eigenvalue weighted by molar-refractivity contribution is 8.05. The first kappa shape index (κ1) is 42.1. The summed E-state index contributed by atoms with van der Waals surface area (Å²) in [6.45, 7) is 6.56. The Morgan fingerprint density at radius 3 is 2.20 bits per heavy atom. The Balaban J connectivity index is 0.906. The van der Waals surface area contributed by atoms with Gasteiger partial charge in [0.25, 0.3) is 0 Å². The van der Waals surface area contributed by atoms with E-state index in [1.807, 2.05) is 29.6 Å². The average Bonchev–Trinajstić information content (AvgIpc) is 3.76. The third-order valence-corrected chi connectivity index (χ3v) is 16.6. The average molecular weight is 931 g/mol. The predicted octanol–water partition coefficient (Wildman–Crippen LogP) is 17.2. The molecule has 2 aliphatic rings. The van der Waals surface area contributed by atoms with E-state index in [2.05, 4.69) is 254 Å². The molecule has 2 nitrogen and oxygen atoms in total. The van der Waals surface area contributed by atoms with Crippen LogP contribution in [-0.2, 0) is 0 Å². The zero-order valence-corrected chi connectivity index (χ0v) is 40.3. The Hall–Kier alpha value is -8.02. The van der Waals surface area contributed by atoms with Crippen molar-refractivity contribution in [2.24, 2.45) is 0 Å². The molecule has 4 heteroatoms. The van der Waals surface area contributed by atoms with Crippen molar-refractivity contribution in [2.45, 2.75) is 32.9 Å². The zero-order valence-electron chi connectivity index (χ0n) is 38.6. The van der Waals surface area contributed by atoms with E-state index in [9.17, 15) is 0 Å². The molecule has 2 heterocycles. The minimum Gasteiger partial charge on any atom is -0.310 e. The van der Waals surface area contributed by atoms with Crippen LogP contribution in [0.5, 0.6) is 0 Å². The zero-order chi connectivity index (χ0) is 46.7. The van der Waals surface area contributed by atoms with Gasteiger partial charge < -0.3 is 9.47 Å². The number of rotatable bonds is 7. The summed E-state index contributed by atoms with van der Waals surface area (Å²) >= 11 is 3.77. The lowest BCUT2D eigenvalue weighted by molar-refractivity contribution is 1.14. The van der Waals surface area contributed by atoms with Crippen LogP contribution in [0.2, 0.25) is 0 Å². The number of anilines is 3. The van der Waals surface area contributed by atoms with Crippen molar-refractivity contribution in [1.29, 1.82) is 0 Å². The topological polar surface area (TPSA) is 8.17 Å². The van der Waals surface area contributed by atoms with Gasteiger partial charge in [-0.2, -0.15) is 0 Å². The van der Waals surface area contributed by atoms with Crippen molar-refractivity contribution in [3.05, 3.63) is 265 Å². The molecule has 0 atom stereocenters. The maximum absolute atomic E-state index is 4.35. The summed E-state index contributed by atoms with van der Waals surface area (Å²) in [6.07, 6.45) is 11.6. The van der Waals surface area contributed by atoms with Gasteiger partial charge >= 0.3 is 0 Å². The smallest absolute Gasteiger partial charge is 0.0553 e. The molecule has 0 saturated heterocycles. The number of allylic oxidation sites excluding steroid dienone is 5. The number of para-hydroxylation sites is 2. The van der Waals surface area contributed by atoms with Crippen molar-refractivity contribution in [2.75, 3.05) is 4.90 Å². The highest BCUT2D eigenvalue weighted by Crippen LogP contribution is 2.54. The highest BCUT2D eigenvalue weighted by Gasteiger charge is 2.26. The molecule has 0 fully saturated rings. The van der Waals surface area contributed by atoms with Crippen LogP contribution in [0.25, 0.3) is 71.3 Å². The monoisotopic (exact) mass is 930 g/mol. The minimum atomic E-state index is 0.914. The lowest BCUT2D eigenvalue weighted by Gasteiger charge is -2.29. The molecule has 0 bridgehead atoms. The molecule has 0 saturated carbocycles. The molecule has 1 aliphatic heterocycles. The van der Waals surface area contributed by atoms with Crippen LogP contribution >= 0.6 is 23.5 Å². The van der Waals surface area contributed by atoms with Crippen LogP contribution < -0.4 is 15.3 Å². The fourth-order valence-electron chi connectivity index (χ4n) is 10.8. The quantitative estimate of drug-likeness (QED) is 0.147. The van der Waals surface area contributed by atoms with E-state index in [0.717, 1.165) is 40.3 Å². The van der Waals surface area contributed by atoms with E-state index < -0.39 is 0 Å². The summed E-state index contributed by atoms with van der Waals surface area (Å²) in [4.78, 5) is 7.53. The van der Waals surface area contributed by atoms with Gasteiger partial charge in [0.1, 0.15) is 0 Å². The molecular formula is C66H46N2S2. The van der Waals surface area contributed by atoms with E-state index >= 15 is 0 Å². The summed E-state index contributed by atoms with van der Waals surface area (Å²) in [5, 5.41) is 10.0. The third-order valence-electron chi connectivity index (χ3n) is 14.0. The van der Waals surface area contributed by atoms with E-state index in [4.69, 9.17) is 0 Å². The maximum Gasteiger partial charge on any atom is 0.0553 e. The van der Waals surface area contributed by atoms with Gasteiger partial charge in [-0.05, 0) is 152 Å². The number of nitrogens with zero attached hydrogens (tertiary/aromatic N) is 2. The van der Waals surface area contributed by atoms with Crippen molar-refractivity contribution >= 4 is 95.1 Å². The SMILES string of the molecule is C=C/C(c1cccc(-n2c3ccccc3c3c4c(ccc32)Sc2cc(N(c3cccc(-c5cc6ccccc6c6ccccc56)c3)c3ccccc3C)ccc2S4)c1)=c1/cccc/c1=C1\C=CC=CC1. The fraction of sp³-hybridized carbons (Fsp3) is 0.0303. The predicted molar refractivity (Wildman–Crippen MR) is 300 cm³/mol. The summed E-state index contributed by atoms with van der Waals surface area (Å²) in [7, 11) is 0. The number of fused-ring (bicyclic) bond motifs is 9. The van der Waals surface area contributed by atoms with Gasteiger partial charge in [0.2, 0.25) is 0 Å². The van der Waals surface area contributed by atoms with E-state index in [0.29, 0.717) is 0 Å². The van der Waals surface area contributed by atoms with Crippen LogP contribution in [0, 0.1) is 6.92 Å². The number of aromatic nitrogens is 1. The molecule has 332 valence electrons. The van der Waals surface area contributed by atoms with Crippen LogP contribution in [-0.4, -0.2) is 4.57 Å². The molecule has 0 amide bonds. The molecule has 11 aromatic rings. The Labute approximate surface area is 416 Å². The standard InChI is InChI=1S/C66H46N2S2/c1-3-51(54-29-11-10-27-52(54)44-20-5-4-6-21-44)45-23-17-26-49(39-45)68-60-34-16-14-32-57(60)65-61(68)36-38-63-66(65)70-62-37-35-50(42-64(62)69-63)67(59-33-15-7-19-43(59)2)48-25-18-24-46(40-48)58-41-47-22-8-9-28-53(47)55-30-12-13-31-56(55)58/h3-20,22-42H,1,21H2,2H3/b52-44-,54-51+. The van der Waals surface area contributed by atoms with Crippen molar-refractivity contribution < 1.29 is 0 Å². The first-order valence-corrected chi connectivity index (χ1v) is 25.5. The van der Waals surface area contributed by atoms with Crippen molar-refractivity contribution in [3.8, 4) is 16.8 Å². The van der Waals surface area contributed by atoms with E-state index in [1.54, 1.807) is 0 Å². The van der Waals surface area contributed by atoms with Crippen LogP contribution in [0.1, 0.15) is 17.5 Å². The lowest BCUT2D eigenvalue weighted by atomic mass is 9.93. The van der Waals surface area contributed by atoms with Crippen LogP contribution in [0.15, 0.2) is 263 Å². The first-order valence-electron chi connectivity index (χ1n) is 23.9. The number of benzene rings is 10. The molecule has 70 heavy (non-hydrogen) atoms.